The van der Waals surface area contributed by atoms with Crippen LogP contribution in [0.15, 0.2) is 35.4 Å². The van der Waals surface area contributed by atoms with E-state index in [9.17, 15) is 0 Å². The molecular formula is C11H9N3S. The molecule has 15 heavy (non-hydrogen) atoms. The Labute approximate surface area is 93.4 Å². The zero-order chi connectivity index (χ0) is 10.8. The molecule has 0 bridgehead atoms. The standard InChI is InChI=1S/C11H9N3S/c1-8-10(7-12)11(15)14(13-8)9-5-3-2-4-6-9/h2-6,15H,1H3. The highest BCUT2D eigenvalue weighted by molar-refractivity contribution is 7.80. The van der Waals surface area contributed by atoms with Gasteiger partial charge in [-0.15, -0.1) is 12.6 Å². The highest BCUT2D eigenvalue weighted by Gasteiger charge is 2.12. The molecule has 1 heterocycles. The largest absolute Gasteiger partial charge is 0.226 e. The molecule has 0 N–H and O–H groups in total. The summed E-state index contributed by atoms with van der Waals surface area (Å²) in [5.74, 6) is 0. The van der Waals surface area contributed by atoms with Crippen LogP contribution >= 0.6 is 12.6 Å². The Balaban J connectivity index is 2.62. The lowest BCUT2D eigenvalue weighted by Crippen LogP contribution is -1.96. The first-order valence-electron chi connectivity index (χ1n) is 4.48. The number of para-hydroxylation sites is 1. The highest BCUT2D eigenvalue weighted by Crippen LogP contribution is 2.20. The van der Waals surface area contributed by atoms with Gasteiger partial charge in [-0.05, 0) is 19.1 Å². The second-order valence-electron chi connectivity index (χ2n) is 3.14. The third-order valence-electron chi connectivity index (χ3n) is 2.15. The maximum absolute atomic E-state index is 8.91. The van der Waals surface area contributed by atoms with E-state index in [0.717, 1.165) is 5.69 Å². The fraction of sp³-hybridized carbons (Fsp3) is 0.0909. The summed E-state index contributed by atoms with van der Waals surface area (Å²) in [4.78, 5) is 0. The van der Waals surface area contributed by atoms with E-state index in [1.807, 2.05) is 30.3 Å². The van der Waals surface area contributed by atoms with Gasteiger partial charge in [0.15, 0.2) is 0 Å². The second-order valence-corrected chi connectivity index (χ2v) is 3.57. The van der Waals surface area contributed by atoms with Crippen molar-refractivity contribution in [3.63, 3.8) is 0 Å². The van der Waals surface area contributed by atoms with Crippen molar-refractivity contribution in [1.82, 2.24) is 9.78 Å². The third kappa shape index (κ3) is 1.62. The Bertz CT molecular complexity index is 523. The molecule has 0 unspecified atom stereocenters. The number of hydrogen-bond acceptors (Lipinski definition) is 3. The van der Waals surface area contributed by atoms with E-state index in [1.54, 1.807) is 11.6 Å². The minimum Gasteiger partial charge on any atom is -0.226 e. The van der Waals surface area contributed by atoms with Crippen molar-refractivity contribution in [3.05, 3.63) is 41.6 Å². The molecule has 0 aliphatic rings. The molecule has 3 nitrogen and oxygen atoms in total. The predicted octanol–water partition coefficient (Wildman–Crippen LogP) is 2.34. The molecule has 0 amide bonds. The van der Waals surface area contributed by atoms with E-state index >= 15 is 0 Å². The number of nitrogens with zero attached hydrogens (tertiary/aromatic N) is 3. The van der Waals surface area contributed by atoms with E-state index in [1.165, 1.54) is 0 Å². The van der Waals surface area contributed by atoms with Gasteiger partial charge in [0.1, 0.15) is 16.7 Å². The number of nitriles is 1. The minimum atomic E-state index is 0.530. The number of thiol groups is 1. The summed E-state index contributed by atoms with van der Waals surface area (Å²) in [5, 5.41) is 13.8. The molecule has 2 aromatic rings. The Morgan fingerprint density at radius 1 is 1.33 bits per heavy atom. The van der Waals surface area contributed by atoms with Crippen molar-refractivity contribution in [2.24, 2.45) is 0 Å². The van der Waals surface area contributed by atoms with Crippen LogP contribution in [-0.4, -0.2) is 9.78 Å². The fourth-order valence-corrected chi connectivity index (χ4v) is 1.77. The molecule has 1 aromatic heterocycles. The number of hydrogen-bond donors (Lipinski definition) is 1. The molecule has 2 rings (SSSR count). The first-order valence-corrected chi connectivity index (χ1v) is 4.93. The number of benzene rings is 1. The Kier molecular flexibility index (Phi) is 2.48. The lowest BCUT2D eigenvalue weighted by molar-refractivity contribution is 0.795. The summed E-state index contributed by atoms with van der Waals surface area (Å²) < 4.78 is 1.66. The molecule has 0 fully saturated rings. The summed E-state index contributed by atoms with van der Waals surface area (Å²) >= 11 is 4.30. The first kappa shape index (κ1) is 9.81. The second kappa shape index (κ2) is 3.79. The van der Waals surface area contributed by atoms with Gasteiger partial charge in [0, 0.05) is 0 Å². The molecule has 1 aromatic carbocycles. The molecule has 4 heteroatoms. The van der Waals surface area contributed by atoms with E-state index in [-0.39, 0.29) is 0 Å². The minimum absolute atomic E-state index is 0.530. The van der Waals surface area contributed by atoms with Crippen LogP contribution in [0.3, 0.4) is 0 Å². The van der Waals surface area contributed by atoms with Crippen LogP contribution in [-0.2, 0) is 0 Å². The normalized spacial score (nSPS) is 9.93. The van der Waals surface area contributed by atoms with Crippen LogP contribution in [0.2, 0.25) is 0 Å². The predicted molar refractivity (Wildman–Crippen MR) is 60.3 cm³/mol. The van der Waals surface area contributed by atoms with Crippen molar-refractivity contribution >= 4 is 12.6 Å². The summed E-state index contributed by atoms with van der Waals surface area (Å²) in [7, 11) is 0. The summed E-state index contributed by atoms with van der Waals surface area (Å²) in [6.07, 6.45) is 0. The van der Waals surface area contributed by atoms with Gasteiger partial charge < -0.3 is 0 Å². The summed E-state index contributed by atoms with van der Waals surface area (Å²) in [5.41, 5.74) is 2.14. The van der Waals surface area contributed by atoms with Crippen LogP contribution in [0, 0.1) is 18.3 Å². The fourth-order valence-electron chi connectivity index (χ4n) is 1.40. The van der Waals surface area contributed by atoms with Crippen molar-refractivity contribution < 1.29 is 0 Å². The quantitative estimate of drug-likeness (QED) is 0.742. The average molecular weight is 215 g/mol. The molecule has 0 spiro atoms. The topological polar surface area (TPSA) is 41.6 Å². The lowest BCUT2D eigenvalue weighted by atomic mass is 10.3. The third-order valence-corrected chi connectivity index (χ3v) is 2.56. The highest BCUT2D eigenvalue weighted by atomic mass is 32.1. The Hall–Kier alpha value is -1.73. The van der Waals surface area contributed by atoms with Crippen LogP contribution < -0.4 is 0 Å². The van der Waals surface area contributed by atoms with Gasteiger partial charge in [-0.25, -0.2) is 4.68 Å². The number of aromatic nitrogens is 2. The Morgan fingerprint density at radius 3 is 2.53 bits per heavy atom. The average Bonchev–Trinajstić information content (AvgIpc) is 2.55. The van der Waals surface area contributed by atoms with Gasteiger partial charge in [0.05, 0.1) is 11.4 Å². The van der Waals surface area contributed by atoms with E-state index in [2.05, 4.69) is 23.8 Å². The van der Waals surface area contributed by atoms with Gasteiger partial charge in [-0.2, -0.15) is 10.4 Å². The van der Waals surface area contributed by atoms with Gasteiger partial charge >= 0.3 is 0 Å². The smallest absolute Gasteiger partial charge is 0.115 e. The van der Waals surface area contributed by atoms with Gasteiger partial charge in [-0.1, -0.05) is 18.2 Å². The molecule has 0 atom stereocenters. The van der Waals surface area contributed by atoms with Crippen LogP contribution in [0.25, 0.3) is 5.69 Å². The molecule has 0 aliphatic carbocycles. The van der Waals surface area contributed by atoms with Gasteiger partial charge in [-0.3, -0.25) is 0 Å². The molecule has 0 saturated carbocycles. The van der Waals surface area contributed by atoms with Crippen molar-refractivity contribution in [3.8, 4) is 11.8 Å². The maximum atomic E-state index is 8.91. The Morgan fingerprint density at radius 2 is 2.00 bits per heavy atom. The summed E-state index contributed by atoms with van der Waals surface area (Å²) in [6, 6.07) is 11.7. The maximum Gasteiger partial charge on any atom is 0.115 e. The SMILES string of the molecule is Cc1nn(-c2ccccc2)c(S)c1C#N. The molecule has 0 saturated heterocycles. The summed E-state index contributed by atoms with van der Waals surface area (Å²) in [6.45, 7) is 1.80. The van der Waals surface area contributed by atoms with E-state index in [0.29, 0.717) is 16.3 Å². The molecule has 0 radical (unpaired) electrons. The van der Waals surface area contributed by atoms with Crippen molar-refractivity contribution in [2.75, 3.05) is 0 Å². The van der Waals surface area contributed by atoms with Crippen LogP contribution in [0.1, 0.15) is 11.3 Å². The molecule has 74 valence electrons. The zero-order valence-electron chi connectivity index (χ0n) is 8.18. The number of aryl methyl sites for hydroxylation is 1. The first-order chi connectivity index (χ1) is 7.24. The monoisotopic (exact) mass is 215 g/mol. The number of rotatable bonds is 1. The molecular weight excluding hydrogens is 206 g/mol. The lowest BCUT2D eigenvalue weighted by Gasteiger charge is -2.01. The molecule has 0 aliphatic heterocycles. The van der Waals surface area contributed by atoms with Crippen molar-refractivity contribution in [1.29, 1.82) is 5.26 Å². The zero-order valence-corrected chi connectivity index (χ0v) is 9.07. The van der Waals surface area contributed by atoms with Gasteiger partial charge in [0.2, 0.25) is 0 Å². The van der Waals surface area contributed by atoms with Crippen LogP contribution in [0.4, 0.5) is 0 Å². The van der Waals surface area contributed by atoms with Gasteiger partial charge in [0.25, 0.3) is 0 Å². The van der Waals surface area contributed by atoms with Crippen LogP contribution in [0.5, 0.6) is 0 Å². The van der Waals surface area contributed by atoms with E-state index < -0.39 is 0 Å². The van der Waals surface area contributed by atoms with E-state index in [4.69, 9.17) is 5.26 Å². The van der Waals surface area contributed by atoms with Crippen molar-refractivity contribution in [2.45, 2.75) is 11.9 Å².